The molecule has 0 spiro atoms. The first-order valence-electron chi connectivity index (χ1n) is 7.58. The molecule has 120 valence electrons. The fraction of sp³-hybridized carbons (Fsp3) is 0.278. The molecule has 5 heteroatoms. The van der Waals surface area contributed by atoms with E-state index in [0.717, 1.165) is 23.4 Å². The standard InChI is InChI=1S/C15H17N3.C3H4O2/c1-10-4-2-5-11(8-10)12-6-3-7-13-14(12)15(16)18-9-17-13;1-2-3(4)5/h3,6-10H,2,4-5H2,1H3,(H2,16,17,18);2H,1H2,(H,4,5). The van der Waals surface area contributed by atoms with Crippen molar-refractivity contribution in [3.05, 3.63) is 48.8 Å². The van der Waals surface area contributed by atoms with Crippen LogP contribution in [-0.2, 0) is 4.79 Å². The summed E-state index contributed by atoms with van der Waals surface area (Å²) in [5.41, 5.74) is 9.55. The molecule has 1 aliphatic rings. The van der Waals surface area contributed by atoms with Crippen molar-refractivity contribution in [2.75, 3.05) is 5.73 Å². The monoisotopic (exact) mass is 311 g/mol. The molecule has 2 aromatic rings. The Morgan fingerprint density at radius 2 is 2.17 bits per heavy atom. The third kappa shape index (κ3) is 4.16. The first-order chi connectivity index (χ1) is 11.0. The van der Waals surface area contributed by atoms with Crippen molar-refractivity contribution >= 4 is 28.3 Å². The Kier molecular flexibility index (Phi) is 5.46. The third-order valence-electron chi connectivity index (χ3n) is 3.80. The van der Waals surface area contributed by atoms with E-state index in [1.807, 2.05) is 12.1 Å². The number of carboxylic acids is 1. The molecule has 0 fully saturated rings. The number of nitrogens with zero attached hydrogens (tertiary/aromatic N) is 2. The molecule has 1 aromatic heterocycles. The van der Waals surface area contributed by atoms with Crippen LogP contribution in [0.1, 0.15) is 31.7 Å². The van der Waals surface area contributed by atoms with Gasteiger partial charge < -0.3 is 10.8 Å². The van der Waals surface area contributed by atoms with Crippen molar-refractivity contribution in [1.29, 1.82) is 0 Å². The van der Waals surface area contributed by atoms with Crippen LogP contribution in [0, 0.1) is 5.92 Å². The van der Waals surface area contributed by atoms with Gasteiger partial charge in [0, 0.05) is 11.5 Å². The summed E-state index contributed by atoms with van der Waals surface area (Å²) in [7, 11) is 0. The van der Waals surface area contributed by atoms with Gasteiger partial charge in [0.05, 0.1) is 5.52 Å². The molecule has 0 bridgehead atoms. The Morgan fingerprint density at radius 3 is 2.83 bits per heavy atom. The maximum atomic E-state index is 9.25. The zero-order valence-corrected chi connectivity index (χ0v) is 13.2. The second kappa shape index (κ2) is 7.54. The molecule has 3 rings (SSSR count). The number of hydrogen-bond donors (Lipinski definition) is 2. The maximum absolute atomic E-state index is 9.25. The molecule has 3 N–H and O–H groups in total. The molecule has 1 aliphatic carbocycles. The van der Waals surface area contributed by atoms with Crippen LogP contribution in [0.5, 0.6) is 0 Å². The van der Waals surface area contributed by atoms with E-state index in [-0.39, 0.29) is 0 Å². The van der Waals surface area contributed by atoms with E-state index >= 15 is 0 Å². The number of carboxylic acid groups (broad SMARTS) is 1. The SMILES string of the molecule is C=CC(=O)O.CC1C=C(c2cccc3ncnc(N)c23)CCC1. The van der Waals surface area contributed by atoms with Gasteiger partial charge in [-0.1, -0.05) is 31.7 Å². The molecule has 0 aliphatic heterocycles. The summed E-state index contributed by atoms with van der Waals surface area (Å²) in [5, 5.41) is 8.60. The van der Waals surface area contributed by atoms with E-state index in [1.54, 1.807) is 0 Å². The minimum atomic E-state index is -0.981. The van der Waals surface area contributed by atoms with Crippen molar-refractivity contribution in [3.8, 4) is 0 Å². The van der Waals surface area contributed by atoms with Crippen molar-refractivity contribution in [2.24, 2.45) is 5.92 Å². The Labute approximate surface area is 135 Å². The number of hydrogen-bond acceptors (Lipinski definition) is 4. The van der Waals surface area contributed by atoms with E-state index < -0.39 is 5.97 Å². The maximum Gasteiger partial charge on any atom is 0.327 e. The predicted molar refractivity (Wildman–Crippen MR) is 92.8 cm³/mol. The predicted octanol–water partition coefficient (Wildman–Crippen LogP) is 3.67. The van der Waals surface area contributed by atoms with E-state index in [1.165, 1.54) is 30.3 Å². The van der Waals surface area contributed by atoms with E-state index in [2.05, 4.69) is 35.6 Å². The Bertz CT molecular complexity index is 748. The fourth-order valence-corrected chi connectivity index (χ4v) is 2.75. The van der Waals surface area contributed by atoms with Crippen LogP contribution >= 0.6 is 0 Å². The topological polar surface area (TPSA) is 89.1 Å². The van der Waals surface area contributed by atoms with Gasteiger partial charge in [0.25, 0.3) is 0 Å². The number of aliphatic carboxylic acids is 1. The van der Waals surface area contributed by atoms with E-state index in [0.29, 0.717) is 11.7 Å². The van der Waals surface area contributed by atoms with Gasteiger partial charge in [-0.05, 0) is 42.4 Å². The number of benzene rings is 1. The van der Waals surface area contributed by atoms with Crippen molar-refractivity contribution < 1.29 is 9.90 Å². The molecule has 1 atom stereocenters. The Balaban J connectivity index is 0.000000338. The fourth-order valence-electron chi connectivity index (χ4n) is 2.75. The lowest BCUT2D eigenvalue weighted by molar-refractivity contribution is -0.131. The molecular weight excluding hydrogens is 290 g/mol. The highest BCUT2D eigenvalue weighted by Crippen LogP contribution is 2.34. The summed E-state index contributed by atoms with van der Waals surface area (Å²) >= 11 is 0. The number of carbonyl (C=O) groups is 1. The highest BCUT2D eigenvalue weighted by atomic mass is 16.4. The normalized spacial score (nSPS) is 16.9. The highest BCUT2D eigenvalue weighted by molar-refractivity contribution is 5.98. The summed E-state index contributed by atoms with van der Waals surface area (Å²) in [6, 6.07) is 6.17. The van der Waals surface area contributed by atoms with Crippen LogP contribution in [0.15, 0.2) is 43.3 Å². The summed E-state index contributed by atoms with van der Waals surface area (Å²) < 4.78 is 0. The quantitative estimate of drug-likeness (QED) is 0.826. The Morgan fingerprint density at radius 1 is 1.43 bits per heavy atom. The molecule has 1 unspecified atom stereocenters. The van der Waals surface area contributed by atoms with Crippen LogP contribution in [0.4, 0.5) is 5.82 Å². The van der Waals surface area contributed by atoms with Gasteiger partial charge in [0.15, 0.2) is 0 Å². The smallest absolute Gasteiger partial charge is 0.327 e. The number of aromatic nitrogens is 2. The van der Waals surface area contributed by atoms with E-state index in [9.17, 15) is 4.79 Å². The first kappa shape index (κ1) is 16.7. The van der Waals surface area contributed by atoms with Gasteiger partial charge in [-0.2, -0.15) is 0 Å². The lowest BCUT2D eigenvalue weighted by atomic mass is 9.87. The number of rotatable bonds is 2. The van der Waals surface area contributed by atoms with Gasteiger partial charge in [-0.15, -0.1) is 0 Å². The molecule has 1 heterocycles. The van der Waals surface area contributed by atoms with Crippen LogP contribution < -0.4 is 5.73 Å². The molecule has 0 saturated heterocycles. The molecule has 0 amide bonds. The molecule has 0 radical (unpaired) electrons. The summed E-state index contributed by atoms with van der Waals surface area (Å²) in [6.45, 7) is 5.23. The van der Waals surface area contributed by atoms with Crippen molar-refractivity contribution in [2.45, 2.75) is 26.2 Å². The zero-order valence-electron chi connectivity index (χ0n) is 13.2. The van der Waals surface area contributed by atoms with Gasteiger partial charge in [-0.25, -0.2) is 14.8 Å². The average molecular weight is 311 g/mol. The minimum Gasteiger partial charge on any atom is -0.478 e. The molecule has 5 nitrogen and oxygen atoms in total. The number of nitrogens with two attached hydrogens (primary N) is 1. The van der Waals surface area contributed by atoms with Gasteiger partial charge >= 0.3 is 5.97 Å². The largest absolute Gasteiger partial charge is 0.478 e. The highest BCUT2D eigenvalue weighted by Gasteiger charge is 2.15. The van der Waals surface area contributed by atoms with Crippen LogP contribution in [0.2, 0.25) is 0 Å². The third-order valence-corrected chi connectivity index (χ3v) is 3.80. The zero-order chi connectivity index (χ0) is 16.8. The van der Waals surface area contributed by atoms with Crippen LogP contribution in [-0.4, -0.2) is 21.0 Å². The van der Waals surface area contributed by atoms with Crippen LogP contribution in [0.25, 0.3) is 16.5 Å². The number of allylic oxidation sites excluding steroid dienone is 2. The second-order valence-electron chi connectivity index (χ2n) is 5.56. The summed E-state index contributed by atoms with van der Waals surface area (Å²) in [4.78, 5) is 17.7. The summed E-state index contributed by atoms with van der Waals surface area (Å²) in [6.07, 6.45) is 8.37. The van der Waals surface area contributed by atoms with E-state index in [4.69, 9.17) is 10.8 Å². The minimum absolute atomic E-state index is 0.578. The van der Waals surface area contributed by atoms with Gasteiger partial charge in [0.1, 0.15) is 12.1 Å². The molecule has 1 aromatic carbocycles. The Hall–Kier alpha value is -2.69. The lowest BCUT2D eigenvalue weighted by Gasteiger charge is -2.19. The van der Waals surface area contributed by atoms with Crippen LogP contribution in [0.3, 0.4) is 0 Å². The molecule has 23 heavy (non-hydrogen) atoms. The van der Waals surface area contributed by atoms with Gasteiger partial charge in [-0.3, -0.25) is 0 Å². The number of fused-ring (bicyclic) bond motifs is 1. The lowest BCUT2D eigenvalue weighted by Crippen LogP contribution is -2.02. The van der Waals surface area contributed by atoms with Crippen molar-refractivity contribution in [3.63, 3.8) is 0 Å². The first-order valence-corrected chi connectivity index (χ1v) is 7.58. The number of nitrogen functional groups attached to an aromatic ring is 1. The van der Waals surface area contributed by atoms with Gasteiger partial charge in [0.2, 0.25) is 0 Å². The molecular formula is C18H21N3O2. The number of anilines is 1. The second-order valence-corrected chi connectivity index (χ2v) is 5.56. The van der Waals surface area contributed by atoms with Crippen molar-refractivity contribution in [1.82, 2.24) is 9.97 Å². The summed E-state index contributed by atoms with van der Waals surface area (Å²) in [5.74, 6) is 0.245. The average Bonchev–Trinajstić information content (AvgIpc) is 2.55. The molecule has 0 saturated carbocycles.